The van der Waals surface area contributed by atoms with Crippen molar-refractivity contribution >= 4 is 0 Å². The Kier molecular flexibility index (Phi) is 4.86. The Bertz CT molecular complexity index is 585. The summed E-state index contributed by atoms with van der Waals surface area (Å²) in [5, 5.41) is 12.6. The van der Waals surface area contributed by atoms with E-state index >= 15 is 0 Å². The summed E-state index contributed by atoms with van der Waals surface area (Å²) in [5.41, 5.74) is 4.97. The number of aliphatic hydroxyl groups is 1. The number of benzene rings is 1. The molecule has 1 heterocycles. The summed E-state index contributed by atoms with van der Waals surface area (Å²) in [6, 6.07) is 12.7. The van der Waals surface area contributed by atoms with Gasteiger partial charge in [-0.15, -0.1) is 0 Å². The molecule has 0 unspecified atom stereocenters. The number of aromatic nitrogens is 1. The Labute approximate surface area is 127 Å². The molecule has 0 radical (unpaired) electrons. The summed E-state index contributed by atoms with van der Waals surface area (Å²) in [5.74, 6) is 0. The highest BCUT2D eigenvalue weighted by Gasteiger charge is 2.17. The van der Waals surface area contributed by atoms with Gasteiger partial charge in [0, 0.05) is 35.8 Å². The number of para-hydroxylation sites is 1. The first-order valence-corrected chi connectivity index (χ1v) is 7.54. The van der Waals surface area contributed by atoms with Gasteiger partial charge in [-0.05, 0) is 57.9 Å². The van der Waals surface area contributed by atoms with Gasteiger partial charge in [0.2, 0.25) is 0 Å². The third-order valence-corrected chi connectivity index (χ3v) is 4.04. The Morgan fingerprint density at radius 1 is 1.14 bits per heavy atom. The highest BCUT2D eigenvalue weighted by Crippen LogP contribution is 2.21. The van der Waals surface area contributed by atoms with E-state index in [0.717, 1.165) is 13.0 Å². The summed E-state index contributed by atoms with van der Waals surface area (Å²) < 4.78 is 2.29. The second-order valence-electron chi connectivity index (χ2n) is 6.28. The molecule has 0 aliphatic rings. The molecule has 0 bridgehead atoms. The van der Waals surface area contributed by atoms with Crippen molar-refractivity contribution in [3.8, 4) is 5.69 Å². The molecule has 3 heteroatoms. The number of aryl methyl sites for hydroxylation is 1. The molecule has 0 atom stereocenters. The van der Waals surface area contributed by atoms with E-state index in [1.807, 2.05) is 6.07 Å². The lowest BCUT2D eigenvalue weighted by Gasteiger charge is -2.25. The minimum absolute atomic E-state index is 0.0516. The minimum Gasteiger partial charge on any atom is -0.396 e. The van der Waals surface area contributed by atoms with E-state index in [9.17, 15) is 0 Å². The first kappa shape index (κ1) is 15.8. The van der Waals surface area contributed by atoms with Crippen LogP contribution in [-0.4, -0.2) is 21.8 Å². The lowest BCUT2D eigenvalue weighted by Crippen LogP contribution is -2.39. The van der Waals surface area contributed by atoms with Crippen LogP contribution in [0.25, 0.3) is 5.69 Å². The van der Waals surface area contributed by atoms with Gasteiger partial charge in [0.1, 0.15) is 0 Å². The molecule has 0 aliphatic heterocycles. The first-order chi connectivity index (χ1) is 9.94. The molecule has 3 nitrogen and oxygen atoms in total. The van der Waals surface area contributed by atoms with Crippen molar-refractivity contribution in [1.82, 2.24) is 9.88 Å². The fourth-order valence-electron chi connectivity index (χ4n) is 2.68. The molecular formula is C18H26N2O. The number of hydrogen-bond acceptors (Lipinski definition) is 2. The SMILES string of the molecule is Cc1cc(CNC(C)(C)CCO)c(C)n1-c1ccccc1. The molecule has 0 fully saturated rings. The fourth-order valence-corrected chi connectivity index (χ4v) is 2.68. The van der Waals surface area contributed by atoms with E-state index in [1.54, 1.807) is 0 Å². The minimum atomic E-state index is -0.0516. The zero-order valence-electron chi connectivity index (χ0n) is 13.5. The molecule has 0 saturated carbocycles. The highest BCUT2D eigenvalue weighted by molar-refractivity contribution is 5.40. The standard InChI is InChI=1S/C18H26N2O/c1-14-12-16(13-19-18(3,4)10-11-21)15(2)20(14)17-8-6-5-7-9-17/h5-9,12,19,21H,10-11,13H2,1-4H3. The number of hydrogen-bond donors (Lipinski definition) is 2. The summed E-state index contributed by atoms with van der Waals surface area (Å²) in [6.07, 6.45) is 0.754. The highest BCUT2D eigenvalue weighted by atomic mass is 16.3. The van der Waals surface area contributed by atoms with Crippen LogP contribution in [0.1, 0.15) is 37.2 Å². The topological polar surface area (TPSA) is 37.2 Å². The lowest BCUT2D eigenvalue weighted by molar-refractivity contribution is 0.230. The summed E-state index contributed by atoms with van der Waals surface area (Å²) in [4.78, 5) is 0. The molecule has 0 spiro atoms. The summed E-state index contributed by atoms with van der Waals surface area (Å²) in [7, 11) is 0. The smallest absolute Gasteiger partial charge is 0.0455 e. The largest absolute Gasteiger partial charge is 0.396 e. The van der Waals surface area contributed by atoms with Gasteiger partial charge in [0.05, 0.1) is 0 Å². The van der Waals surface area contributed by atoms with Gasteiger partial charge in [-0.1, -0.05) is 18.2 Å². The number of nitrogens with zero attached hydrogens (tertiary/aromatic N) is 1. The summed E-state index contributed by atoms with van der Waals surface area (Å²) >= 11 is 0. The Hall–Kier alpha value is -1.58. The molecule has 1 aromatic carbocycles. The molecule has 0 amide bonds. The third-order valence-electron chi connectivity index (χ3n) is 4.04. The maximum Gasteiger partial charge on any atom is 0.0455 e. The van der Waals surface area contributed by atoms with Crippen molar-refractivity contribution in [2.24, 2.45) is 0 Å². The predicted octanol–water partition coefficient (Wildman–Crippen LogP) is 3.34. The average Bonchev–Trinajstić information content (AvgIpc) is 2.72. The molecule has 2 aromatic rings. The second kappa shape index (κ2) is 6.46. The van der Waals surface area contributed by atoms with Crippen molar-refractivity contribution in [2.75, 3.05) is 6.61 Å². The second-order valence-corrected chi connectivity index (χ2v) is 6.28. The number of rotatable bonds is 6. The zero-order valence-corrected chi connectivity index (χ0v) is 13.5. The first-order valence-electron chi connectivity index (χ1n) is 7.54. The van der Waals surface area contributed by atoms with Gasteiger partial charge in [0.15, 0.2) is 0 Å². The molecule has 2 N–H and O–H groups in total. The van der Waals surface area contributed by atoms with Gasteiger partial charge < -0.3 is 15.0 Å². The van der Waals surface area contributed by atoms with Crippen molar-refractivity contribution in [3.05, 3.63) is 53.3 Å². The Morgan fingerprint density at radius 3 is 2.43 bits per heavy atom. The molecule has 1 aromatic heterocycles. The van der Waals surface area contributed by atoms with Crippen molar-refractivity contribution < 1.29 is 5.11 Å². The quantitative estimate of drug-likeness (QED) is 0.854. The van der Waals surface area contributed by atoms with Gasteiger partial charge in [0.25, 0.3) is 0 Å². The Morgan fingerprint density at radius 2 is 1.81 bits per heavy atom. The fraction of sp³-hybridized carbons (Fsp3) is 0.444. The molecule has 114 valence electrons. The zero-order chi connectivity index (χ0) is 15.5. The Balaban J connectivity index is 2.20. The van der Waals surface area contributed by atoms with Crippen LogP contribution < -0.4 is 5.32 Å². The maximum atomic E-state index is 9.11. The van der Waals surface area contributed by atoms with E-state index in [1.165, 1.54) is 22.6 Å². The average molecular weight is 286 g/mol. The van der Waals surface area contributed by atoms with Crippen LogP contribution in [0, 0.1) is 13.8 Å². The van der Waals surface area contributed by atoms with Crippen molar-refractivity contribution in [1.29, 1.82) is 0 Å². The van der Waals surface area contributed by atoms with Crippen LogP contribution in [0.5, 0.6) is 0 Å². The van der Waals surface area contributed by atoms with E-state index in [4.69, 9.17) is 5.11 Å². The van der Waals surface area contributed by atoms with E-state index in [-0.39, 0.29) is 12.1 Å². The van der Waals surface area contributed by atoms with E-state index < -0.39 is 0 Å². The third kappa shape index (κ3) is 3.74. The molecule has 21 heavy (non-hydrogen) atoms. The van der Waals surface area contributed by atoms with E-state index in [2.05, 4.69) is 67.9 Å². The van der Waals surface area contributed by atoms with Crippen LogP contribution in [0.3, 0.4) is 0 Å². The van der Waals surface area contributed by atoms with Crippen LogP contribution in [0.2, 0.25) is 0 Å². The predicted molar refractivity (Wildman–Crippen MR) is 87.9 cm³/mol. The van der Waals surface area contributed by atoms with Crippen LogP contribution in [-0.2, 0) is 6.54 Å². The maximum absolute atomic E-state index is 9.11. The molecule has 0 aliphatic carbocycles. The number of aliphatic hydroxyl groups excluding tert-OH is 1. The van der Waals surface area contributed by atoms with E-state index in [0.29, 0.717) is 0 Å². The van der Waals surface area contributed by atoms with Gasteiger partial charge in [-0.3, -0.25) is 0 Å². The van der Waals surface area contributed by atoms with Crippen molar-refractivity contribution in [2.45, 2.75) is 46.2 Å². The summed E-state index contributed by atoms with van der Waals surface area (Å²) in [6.45, 7) is 9.58. The van der Waals surface area contributed by atoms with Gasteiger partial charge in [-0.2, -0.15) is 0 Å². The lowest BCUT2D eigenvalue weighted by atomic mass is 10.0. The van der Waals surface area contributed by atoms with Gasteiger partial charge in [-0.25, -0.2) is 0 Å². The van der Waals surface area contributed by atoms with Crippen LogP contribution >= 0.6 is 0 Å². The van der Waals surface area contributed by atoms with Crippen LogP contribution in [0.15, 0.2) is 36.4 Å². The molecule has 0 saturated heterocycles. The van der Waals surface area contributed by atoms with Crippen LogP contribution in [0.4, 0.5) is 0 Å². The van der Waals surface area contributed by atoms with Crippen molar-refractivity contribution in [3.63, 3.8) is 0 Å². The number of nitrogens with one attached hydrogen (secondary N) is 1. The molecular weight excluding hydrogens is 260 g/mol. The molecule has 2 rings (SSSR count). The van der Waals surface area contributed by atoms with Gasteiger partial charge >= 0.3 is 0 Å². The monoisotopic (exact) mass is 286 g/mol. The normalized spacial score (nSPS) is 11.9.